The van der Waals surface area contributed by atoms with E-state index < -0.39 is 6.10 Å². The summed E-state index contributed by atoms with van der Waals surface area (Å²) in [6, 6.07) is 5.32. The second kappa shape index (κ2) is 8.04. The van der Waals surface area contributed by atoms with E-state index in [4.69, 9.17) is 4.74 Å². The van der Waals surface area contributed by atoms with Crippen molar-refractivity contribution < 1.29 is 14.3 Å². The van der Waals surface area contributed by atoms with Crippen LogP contribution in [0.5, 0.6) is 5.75 Å². The zero-order valence-corrected chi connectivity index (χ0v) is 13.6. The van der Waals surface area contributed by atoms with Gasteiger partial charge in [0.25, 0.3) is 5.91 Å². The van der Waals surface area contributed by atoms with Gasteiger partial charge in [-0.15, -0.1) is 0 Å². The van der Waals surface area contributed by atoms with Gasteiger partial charge in [0.2, 0.25) is 0 Å². The molecule has 1 rings (SSSR count). The van der Waals surface area contributed by atoms with E-state index in [9.17, 15) is 9.59 Å². The van der Waals surface area contributed by atoms with Crippen molar-refractivity contribution in [1.29, 1.82) is 0 Å². The number of carbonyl (C=O) groups is 2. The number of amides is 1. The van der Waals surface area contributed by atoms with Crippen molar-refractivity contribution >= 4 is 28.1 Å². The first kappa shape index (κ1) is 16.7. The lowest BCUT2D eigenvalue weighted by atomic mass is 10.1. The Morgan fingerprint density at radius 3 is 2.60 bits per heavy atom. The van der Waals surface area contributed by atoms with Crippen molar-refractivity contribution in [3.63, 3.8) is 0 Å². The first-order chi connectivity index (χ1) is 9.53. The van der Waals surface area contributed by atoms with Crippen LogP contribution in [0.1, 0.15) is 44.0 Å². The van der Waals surface area contributed by atoms with E-state index in [1.165, 1.54) is 0 Å². The van der Waals surface area contributed by atoms with Gasteiger partial charge in [-0.05, 0) is 47.8 Å². The quantitative estimate of drug-likeness (QED) is 0.774. The Balaban J connectivity index is 2.78. The molecule has 1 atom stereocenters. The van der Waals surface area contributed by atoms with E-state index in [0.717, 1.165) is 12.8 Å². The predicted molar refractivity (Wildman–Crippen MR) is 82.1 cm³/mol. The summed E-state index contributed by atoms with van der Waals surface area (Å²) in [6.45, 7) is 5.72. The molecule has 0 heterocycles. The highest BCUT2D eigenvalue weighted by Crippen LogP contribution is 2.28. The molecular weight excluding hydrogens is 322 g/mol. The number of para-hydroxylation sites is 1. The molecule has 20 heavy (non-hydrogen) atoms. The lowest BCUT2D eigenvalue weighted by Crippen LogP contribution is -2.42. The summed E-state index contributed by atoms with van der Waals surface area (Å²) >= 11 is 3.33. The monoisotopic (exact) mass is 341 g/mol. The van der Waals surface area contributed by atoms with Gasteiger partial charge in [0, 0.05) is 6.04 Å². The average Bonchev–Trinajstić information content (AvgIpc) is 2.46. The minimum Gasteiger partial charge on any atom is -0.479 e. The number of benzene rings is 1. The number of ether oxygens (including phenoxy) is 1. The Bertz CT molecular complexity index is 472. The molecule has 0 saturated carbocycles. The molecule has 5 heteroatoms. The van der Waals surface area contributed by atoms with Crippen LogP contribution in [0.4, 0.5) is 0 Å². The summed E-state index contributed by atoms with van der Waals surface area (Å²) in [4.78, 5) is 23.0. The number of nitrogens with one attached hydrogen (secondary N) is 1. The van der Waals surface area contributed by atoms with Crippen molar-refractivity contribution in [2.45, 2.75) is 45.8 Å². The van der Waals surface area contributed by atoms with Crippen molar-refractivity contribution in [2.75, 3.05) is 0 Å². The fourth-order valence-corrected chi connectivity index (χ4v) is 2.26. The predicted octanol–water partition coefficient (Wildman–Crippen LogP) is 3.33. The summed E-state index contributed by atoms with van der Waals surface area (Å²) < 4.78 is 6.29. The van der Waals surface area contributed by atoms with Gasteiger partial charge >= 0.3 is 0 Å². The van der Waals surface area contributed by atoms with Crippen LogP contribution in [-0.2, 0) is 4.79 Å². The molecule has 1 aromatic rings. The summed E-state index contributed by atoms with van der Waals surface area (Å²) in [5.41, 5.74) is 0.418. The van der Waals surface area contributed by atoms with E-state index in [2.05, 4.69) is 21.2 Å². The Kier molecular flexibility index (Phi) is 6.71. The van der Waals surface area contributed by atoms with Crippen LogP contribution in [0.15, 0.2) is 22.7 Å². The van der Waals surface area contributed by atoms with Crippen molar-refractivity contribution in [3.8, 4) is 5.75 Å². The molecule has 0 aliphatic carbocycles. The second-order valence-electron chi connectivity index (χ2n) is 4.56. The van der Waals surface area contributed by atoms with Gasteiger partial charge in [-0.3, -0.25) is 9.59 Å². The third-order valence-corrected chi connectivity index (χ3v) is 3.74. The van der Waals surface area contributed by atoms with Crippen molar-refractivity contribution in [3.05, 3.63) is 28.2 Å². The van der Waals surface area contributed by atoms with Crippen LogP contribution >= 0.6 is 15.9 Å². The maximum absolute atomic E-state index is 12.0. The molecule has 0 fully saturated rings. The smallest absolute Gasteiger partial charge is 0.260 e. The highest BCUT2D eigenvalue weighted by atomic mass is 79.9. The average molecular weight is 342 g/mol. The molecule has 0 spiro atoms. The third-order valence-electron chi connectivity index (χ3n) is 3.12. The third kappa shape index (κ3) is 4.34. The van der Waals surface area contributed by atoms with Crippen LogP contribution in [0.25, 0.3) is 0 Å². The number of carbonyl (C=O) groups excluding carboxylic acids is 2. The Labute approximate surface area is 128 Å². The Morgan fingerprint density at radius 1 is 1.40 bits per heavy atom. The van der Waals surface area contributed by atoms with Crippen molar-refractivity contribution in [2.24, 2.45) is 0 Å². The molecule has 0 aliphatic heterocycles. The van der Waals surface area contributed by atoms with E-state index in [0.29, 0.717) is 22.1 Å². The van der Waals surface area contributed by atoms with Gasteiger partial charge in [-0.25, -0.2) is 0 Å². The standard InChI is InChI=1S/C15H20BrNO3/c1-4-12(5-2)17-15(19)10(3)20-14-11(9-18)7-6-8-13(14)16/h6-10,12H,4-5H2,1-3H3,(H,17,19). The fourth-order valence-electron chi connectivity index (χ4n) is 1.78. The first-order valence-corrected chi connectivity index (χ1v) is 7.53. The highest BCUT2D eigenvalue weighted by Gasteiger charge is 2.19. The Hall–Kier alpha value is -1.36. The summed E-state index contributed by atoms with van der Waals surface area (Å²) in [7, 11) is 0. The van der Waals surface area contributed by atoms with Crippen LogP contribution in [0.2, 0.25) is 0 Å². The van der Waals surface area contributed by atoms with Crippen LogP contribution < -0.4 is 10.1 Å². The lowest BCUT2D eigenvalue weighted by molar-refractivity contribution is -0.128. The van der Waals surface area contributed by atoms with Crippen LogP contribution in [-0.4, -0.2) is 24.3 Å². The van der Waals surface area contributed by atoms with Crippen LogP contribution in [0.3, 0.4) is 0 Å². The normalized spacial score (nSPS) is 12.1. The van der Waals surface area contributed by atoms with Gasteiger partial charge in [0.05, 0.1) is 10.0 Å². The highest BCUT2D eigenvalue weighted by molar-refractivity contribution is 9.10. The molecule has 1 N–H and O–H groups in total. The topological polar surface area (TPSA) is 55.4 Å². The van der Waals surface area contributed by atoms with Gasteiger partial charge in [-0.2, -0.15) is 0 Å². The first-order valence-electron chi connectivity index (χ1n) is 6.74. The van der Waals surface area contributed by atoms with E-state index in [1.807, 2.05) is 13.8 Å². The summed E-state index contributed by atoms with van der Waals surface area (Å²) in [5.74, 6) is 0.223. The summed E-state index contributed by atoms with van der Waals surface area (Å²) in [5, 5.41) is 2.93. The van der Waals surface area contributed by atoms with E-state index in [1.54, 1.807) is 25.1 Å². The van der Waals surface area contributed by atoms with Crippen molar-refractivity contribution in [1.82, 2.24) is 5.32 Å². The molecule has 0 bridgehead atoms. The molecule has 1 aromatic carbocycles. The van der Waals surface area contributed by atoms with Gasteiger partial charge < -0.3 is 10.1 Å². The molecule has 110 valence electrons. The zero-order valence-electron chi connectivity index (χ0n) is 12.0. The minimum atomic E-state index is -0.659. The molecule has 4 nitrogen and oxygen atoms in total. The minimum absolute atomic E-state index is 0.151. The maximum atomic E-state index is 12.0. The van der Waals surface area contributed by atoms with Gasteiger partial charge in [0.15, 0.2) is 12.4 Å². The fraction of sp³-hybridized carbons (Fsp3) is 0.467. The number of hydrogen-bond acceptors (Lipinski definition) is 3. The Morgan fingerprint density at radius 2 is 2.05 bits per heavy atom. The van der Waals surface area contributed by atoms with E-state index in [-0.39, 0.29) is 11.9 Å². The zero-order chi connectivity index (χ0) is 15.1. The molecule has 0 aliphatic rings. The number of aldehydes is 1. The number of hydrogen-bond donors (Lipinski definition) is 1. The largest absolute Gasteiger partial charge is 0.479 e. The molecule has 1 amide bonds. The summed E-state index contributed by atoms with van der Waals surface area (Å²) in [6.07, 6.45) is 1.81. The lowest BCUT2D eigenvalue weighted by Gasteiger charge is -2.20. The number of halogens is 1. The molecule has 0 aromatic heterocycles. The number of rotatable bonds is 7. The molecule has 0 radical (unpaired) electrons. The van der Waals surface area contributed by atoms with Crippen LogP contribution in [0, 0.1) is 0 Å². The molecule has 0 saturated heterocycles. The van der Waals surface area contributed by atoms with Gasteiger partial charge in [-0.1, -0.05) is 19.9 Å². The maximum Gasteiger partial charge on any atom is 0.260 e. The van der Waals surface area contributed by atoms with E-state index >= 15 is 0 Å². The van der Waals surface area contributed by atoms with Gasteiger partial charge in [0.1, 0.15) is 5.75 Å². The molecule has 1 unspecified atom stereocenters. The SMILES string of the molecule is CCC(CC)NC(=O)C(C)Oc1c(Br)cccc1C=O. The second-order valence-corrected chi connectivity index (χ2v) is 5.41. The molecular formula is C15H20BrNO3.